The summed E-state index contributed by atoms with van der Waals surface area (Å²) in [6, 6.07) is 13.8. The largest absolute Gasteiger partial charge is 0.453 e. The molecule has 0 bridgehead atoms. The van der Waals surface area contributed by atoms with Crippen molar-refractivity contribution in [1.82, 2.24) is 40.4 Å². The van der Waals surface area contributed by atoms with Gasteiger partial charge >= 0.3 is 12.2 Å². The highest BCUT2D eigenvalue weighted by Gasteiger charge is 2.51. The van der Waals surface area contributed by atoms with E-state index in [2.05, 4.69) is 46.1 Å². The molecule has 0 saturated carbocycles. The number of nitrogens with zero attached hydrogens (tertiary/aromatic N) is 4. The number of amides is 4. The number of hydrogen-bond acceptors (Lipinski definition) is 10. The third-order valence-corrected chi connectivity index (χ3v) is 14.0. The molecule has 4 amide bonds. The van der Waals surface area contributed by atoms with Crippen LogP contribution in [0.25, 0.3) is 44.4 Å². The van der Waals surface area contributed by atoms with Crippen LogP contribution in [0.2, 0.25) is 0 Å². The van der Waals surface area contributed by atoms with Crippen molar-refractivity contribution < 1.29 is 51.0 Å². The fourth-order valence-corrected chi connectivity index (χ4v) is 10.4. The predicted molar refractivity (Wildman–Crippen MR) is 243 cm³/mol. The Hall–Kier alpha value is -6.83. The third kappa shape index (κ3) is 9.37. The Morgan fingerprint density at radius 2 is 1.39 bits per heavy atom. The zero-order chi connectivity index (χ0) is 49.0. The average Bonchev–Trinajstić information content (AvgIpc) is 4.12. The van der Waals surface area contributed by atoms with Crippen LogP contribution in [0.4, 0.5) is 27.2 Å². The van der Waals surface area contributed by atoms with Gasteiger partial charge in [-0.15, -0.1) is 0 Å². The number of halogens is 4. The van der Waals surface area contributed by atoms with Gasteiger partial charge in [0.15, 0.2) is 0 Å². The van der Waals surface area contributed by atoms with Crippen LogP contribution in [-0.2, 0) is 36.6 Å². The van der Waals surface area contributed by atoms with Crippen molar-refractivity contribution in [2.24, 2.45) is 11.3 Å². The maximum absolute atomic E-state index is 15.1. The first-order chi connectivity index (χ1) is 32.9. The first-order valence-corrected chi connectivity index (χ1v) is 22.8. The van der Waals surface area contributed by atoms with E-state index in [0.29, 0.717) is 18.9 Å². The van der Waals surface area contributed by atoms with Gasteiger partial charge < -0.3 is 44.6 Å². The summed E-state index contributed by atoms with van der Waals surface area (Å²) >= 11 is 0. The molecule has 1 aliphatic carbocycles. The van der Waals surface area contributed by atoms with Crippen LogP contribution in [-0.4, -0.2) is 119 Å². The van der Waals surface area contributed by atoms with E-state index in [-0.39, 0.29) is 28.0 Å². The Morgan fingerprint density at radius 1 is 0.797 bits per heavy atom. The second-order valence-electron chi connectivity index (χ2n) is 18.9. The van der Waals surface area contributed by atoms with Gasteiger partial charge in [0.1, 0.15) is 24.2 Å². The summed E-state index contributed by atoms with van der Waals surface area (Å²) in [5.74, 6) is -8.21. The molecule has 364 valence electrons. The quantitative estimate of drug-likeness (QED) is 0.105. The molecule has 9 rings (SSSR count). The molecule has 4 aliphatic rings. The average molecular weight is 957 g/mol. The predicted octanol–water partition coefficient (Wildman–Crippen LogP) is 7.10. The number of alkyl halides is 4. The number of likely N-dealkylation sites (tertiary alicyclic amines) is 2. The molecule has 3 atom stereocenters. The van der Waals surface area contributed by atoms with E-state index < -0.39 is 97.9 Å². The van der Waals surface area contributed by atoms with Crippen molar-refractivity contribution in [1.29, 1.82) is 0 Å². The summed E-state index contributed by atoms with van der Waals surface area (Å²) in [6.07, 6.45) is 1.76. The summed E-state index contributed by atoms with van der Waals surface area (Å²) in [6.45, 7) is 2.40. The molecule has 69 heavy (non-hydrogen) atoms. The van der Waals surface area contributed by atoms with Crippen molar-refractivity contribution in [2.75, 3.05) is 47.1 Å². The molecule has 5 aromatic rings. The van der Waals surface area contributed by atoms with Crippen molar-refractivity contribution in [3.63, 3.8) is 0 Å². The molecule has 3 unspecified atom stereocenters. The van der Waals surface area contributed by atoms with Gasteiger partial charge in [-0.2, -0.15) is 0 Å². The number of rotatable bonds is 10. The number of carbonyl (C=O) groups is 4. The molecule has 1 spiro atoms. The van der Waals surface area contributed by atoms with Crippen molar-refractivity contribution in [3.05, 3.63) is 93.9 Å². The van der Waals surface area contributed by atoms with Crippen molar-refractivity contribution >= 4 is 34.9 Å². The summed E-state index contributed by atoms with van der Waals surface area (Å²) in [7, 11) is 2.27. The second-order valence-corrected chi connectivity index (χ2v) is 18.9. The topological polar surface area (TPSA) is 201 Å². The number of ether oxygens (including phenoxy) is 3. The molecule has 3 aromatic carbocycles. The Labute approximate surface area is 393 Å². The van der Waals surface area contributed by atoms with E-state index in [1.54, 1.807) is 32.2 Å². The van der Waals surface area contributed by atoms with Crippen molar-refractivity contribution in [2.45, 2.75) is 82.3 Å². The minimum absolute atomic E-state index is 0.0300. The lowest BCUT2D eigenvalue weighted by atomic mass is 9.77. The van der Waals surface area contributed by atoms with E-state index >= 15 is 8.78 Å². The smallest absolute Gasteiger partial charge is 0.407 e. The van der Waals surface area contributed by atoms with E-state index in [9.17, 15) is 32.8 Å². The number of fused-ring (bicyclic) bond motifs is 2. The highest BCUT2D eigenvalue weighted by atomic mass is 19.3. The SMILES string of the molecule is COC(=O)NCC(=O)N1CC(F)(F)CC1c1ncc(-c2ccc(-c3ccc(-c4ccc5nc(C6CC(F)(F)CN6C(=O)C(NC(=O)OC)C(C)C)[nH]c(=O)c5c4)c4c3CC3(CCOCC3)C4)cc2)[nH]1. The Bertz CT molecular complexity index is 2880. The molecule has 5 heterocycles. The zero-order valence-electron chi connectivity index (χ0n) is 38.4. The normalized spacial score (nSPS) is 20.5. The molecular formula is C49H52F4N8O8. The number of carbonyl (C=O) groups excluding carboxylic acids is 4. The molecule has 3 fully saturated rings. The molecule has 20 heteroatoms. The number of methoxy groups -OCH3 is 2. The molecule has 2 aromatic heterocycles. The number of H-pyrrole nitrogens is 2. The van der Waals surface area contributed by atoms with E-state index in [4.69, 9.17) is 4.74 Å². The highest BCUT2D eigenvalue weighted by Crippen LogP contribution is 2.50. The lowest BCUT2D eigenvalue weighted by Crippen LogP contribution is -2.51. The van der Waals surface area contributed by atoms with Crippen LogP contribution in [0.3, 0.4) is 0 Å². The minimum atomic E-state index is -3.27. The van der Waals surface area contributed by atoms with E-state index in [1.165, 1.54) is 5.56 Å². The maximum atomic E-state index is 15.1. The fraction of sp³-hybridized carbons (Fsp3) is 0.449. The monoisotopic (exact) mass is 956 g/mol. The summed E-state index contributed by atoms with van der Waals surface area (Å²) in [4.78, 5) is 81.0. The Morgan fingerprint density at radius 3 is 2.03 bits per heavy atom. The lowest BCUT2D eigenvalue weighted by Gasteiger charge is -2.33. The minimum Gasteiger partial charge on any atom is -0.453 e. The molecule has 0 radical (unpaired) electrons. The van der Waals surface area contributed by atoms with E-state index in [0.717, 1.165) is 83.1 Å². The summed E-state index contributed by atoms with van der Waals surface area (Å²) in [5.41, 5.74) is 7.04. The second kappa shape index (κ2) is 18.2. The van der Waals surface area contributed by atoms with Crippen LogP contribution in [0, 0.1) is 11.3 Å². The van der Waals surface area contributed by atoms with Gasteiger partial charge in [0.2, 0.25) is 11.8 Å². The zero-order valence-corrected chi connectivity index (χ0v) is 38.4. The third-order valence-electron chi connectivity index (χ3n) is 14.0. The van der Waals surface area contributed by atoms with Gasteiger partial charge in [0.25, 0.3) is 17.4 Å². The standard InChI is InChI=1S/C49H52F4N8O8/c1-26(2)40(58-46(66)68-4)44(64)61-25-49(52,53)21-38(61)42-56-35-12-9-29(17-32(35)43(63)59-42)31-11-10-30(33-18-47(19-34(31)33)13-15-69-16-14-47)27-5-7-28(8-6-27)36-22-54-41(57-36)37-20-48(50,51)24-60(37)39(62)23-55-45(65)67-3/h5-12,17,22,26,37-38,40H,13-16,18-21,23-25H2,1-4H3,(H,54,57)(H,55,65)(H,58,66)(H,56,59,63). The van der Waals surface area contributed by atoms with Gasteiger partial charge in [0.05, 0.1) is 62.2 Å². The van der Waals surface area contributed by atoms with Crippen LogP contribution in [0.15, 0.2) is 65.6 Å². The Balaban J connectivity index is 0.998. The summed E-state index contributed by atoms with van der Waals surface area (Å²) in [5, 5.41) is 4.94. The van der Waals surface area contributed by atoms with Crippen LogP contribution >= 0.6 is 0 Å². The van der Waals surface area contributed by atoms with Crippen LogP contribution in [0.1, 0.15) is 74.4 Å². The number of alkyl carbamates (subject to hydrolysis) is 2. The first kappa shape index (κ1) is 47.2. The molecule has 3 saturated heterocycles. The van der Waals surface area contributed by atoms with Gasteiger partial charge in [-0.3, -0.25) is 14.4 Å². The first-order valence-electron chi connectivity index (χ1n) is 22.8. The number of nitrogens with one attached hydrogen (secondary N) is 4. The fourth-order valence-electron chi connectivity index (χ4n) is 10.4. The molecule has 3 aliphatic heterocycles. The summed E-state index contributed by atoms with van der Waals surface area (Å²) < 4.78 is 74.4. The maximum Gasteiger partial charge on any atom is 0.407 e. The number of aromatic nitrogens is 4. The number of benzene rings is 3. The Kier molecular flexibility index (Phi) is 12.5. The number of imidazole rings is 1. The lowest BCUT2D eigenvalue weighted by molar-refractivity contribution is -0.136. The van der Waals surface area contributed by atoms with Crippen molar-refractivity contribution in [3.8, 4) is 33.5 Å². The molecule has 4 N–H and O–H groups in total. The highest BCUT2D eigenvalue weighted by molar-refractivity contribution is 5.88. The van der Waals surface area contributed by atoms with Crippen LogP contribution in [0.5, 0.6) is 0 Å². The molecule has 16 nitrogen and oxygen atoms in total. The van der Waals surface area contributed by atoms with E-state index in [1.807, 2.05) is 36.4 Å². The number of aromatic amines is 2. The van der Waals surface area contributed by atoms with Gasteiger partial charge in [-0.05, 0) is 88.1 Å². The van der Waals surface area contributed by atoms with Crippen LogP contribution < -0.4 is 16.2 Å². The van der Waals surface area contributed by atoms with Gasteiger partial charge in [-0.25, -0.2) is 37.1 Å². The van der Waals surface area contributed by atoms with Gasteiger partial charge in [-0.1, -0.05) is 56.3 Å². The molecular weight excluding hydrogens is 905 g/mol. The van der Waals surface area contributed by atoms with Gasteiger partial charge in [0, 0.05) is 26.1 Å². The number of hydrogen-bond donors (Lipinski definition) is 4.